The molecule has 2 N–H and O–H groups in total. The lowest BCUT2D eigenvalue weighted by molar-refractivity contribution is 0.0691. The van der Waals surface area contributed by atoms with Crippen molar-refractivity contribution in [3.8, 4) is 11.5 Å². The number of carbonyl (C=O) groups is 1. The van der Waals surface area contributed by atoms with Crippen molar-refractivity contribution in [1.29, 1.82) is 0 Å². The Kier molecular flexibility index (Phi) is 5.67. The molecule has 3 heterocycles. The molecule has 4 aromatic rings. The summed E-state index contributed by atoms with van der Waals surface area (Å²) in [5.41, 5.74) is 2.50. The summed E-state index contributed by atoms with van der Waals surface area (Å²) in [5, 5.41) is 13.2. The van der Waals surface area contributed by atoms with Gasteiger partial charge in [-0.05, 0) is 44.5 Å². The van der Waals surface area contributed by atoms with Crippen LogP contribution >= 0.6 is 11.6 Å². The van der Waals surface area contributed by atoms with E-state index in [-0.39, 0.29) is 16.4 Å². The van der Waals surface area contributed by atoms with Crippen LogP contribution in [0.3, 0.4) is 0 Å². The van der Waals surface area contributed by atoms with E-state index in [0.717, 1.165) is 11.1 Å². The van der Waals surface area contributed by atoms with Crippen LogP contribution in [0.5, 0.6) is 0 Å². The summed E-state index contributed by atoms with van der Waals surface area (Å²) in [6.45, 7) is 7.25. The summed E-state index contributed by atoms with van der Waals surface area (Å²) in [6, 6.07) is 6.38. The van der Waals surface area contributed by atoms with E-state index < -0.39 is 12.0 Å². The van der Waals surface area contributed by atoms with E-state index in [2.05, 4.69) is 15.3 Å². The van der Waals surface area contributed by atoms with Crippen LogP contribution in [0.25, 0.3) is 22.4 Å². The highest BCUT2D eigenvalue weighted by molar-refractivity contribution is 6.29. The number of benzene rings is 1. The molecule has 4 rings (SSSR count). The average molecular weight is 468 g/mol. The van der Waals surface area contributed by atoms with Crippen LogP contribution in [0.1, 0.15) is 46.2 Å². The first-order chi connectivity index (χ1) is 15.6. The van der Waals surface area contributed by atoms with Crippen molar-refractivity contribution in [2.75, 3.05) is 5.32 Å². The van der Waals surface area contributed by atoms with Crippen molar-refractivity contribution in [1.82, 2.24) is 19.5 Å². The molecule has 1 unspecified atom stereocenters. The van der Waals surface area contributed by atoms with Gasteiger partial charge in [-0.3, -0.25) is 9.36 Å². The summed E-state index contributed by atoms with van der Waals surface area (Å²) < 4.78 is 7.00. The summed E-state index contributed by atoms with van der Waals surface area (Å²) in [7, 11) is 1.65. The molecule has 3 aromatic heterocycles. The van der Waals surface area contributed by atoms with E-state index in [0.29, 0.717) is 39.8 Å². The highest BCUT2D eigenvalue weighted by Gasteiger charge is 2.22. The van der Waals surface area contributed by atoms with Crippen LogP contribution in [-0.4, -0.2) is 30.6 Å². The van der Waals surface area contributed by atoms with Crippen LogP contribution < -0.4 is 10.9 Å². The molecule has 170 valence electrons. The van der Waals surface area contributed by atoms with Gasteiger partial charge in [0.25, 0.3) is 5.56 Å². The highest BCUT2D eigenvalue weighted by Crippen LogP contribution is 2.30. The van der Waals surface area contributed by atoms with Gasteiger partial charge in [0.2, 0.25) is 0 Å². The van der Waals surface area contributed by atoms with Crippen molar-refractivity contribution in [3.05, 3.63) is 68.2 Å². The fourth-order valence-corrected chi connectivity index (χ4v) is 4.00. The number of halogens is 1. The zero-order valence-electron chi connectivity index (χ0n) is 18.7. The fraction of sp³-hybridized carbons (Fsp3) is 0.261. The normalized spacial score (nSPS) is 12.2. The van der Waals surface area contributed by atoms with Gasteiger partial charge in [-0.25, -0.2) is 19.7 Å². The molecule has 0 bridgehead atoms. The van der Waals surface area contributed by atoms with E-state index in [1.165, 1.54) is 10.6 Å². The standard InChI is InChI=1S/C23H22ClN5O4/c1-10-8-14(11(2)25-16-6-7-17(24)27-20(16)23(31)32)19-15(9-10)22(30)29(5)21(28-19)18-12(3)33-13(4)26-18/h6-9,11,25H,1-5H3,(H,31,32). The van der Waals surface area contributed by atoms with Crippen molar-refractivity contribution in [3.63, 3.8) is 0 Å². The van der Waals surface area contributed by atoms with E-state index in [4.69, 9.17) is 21.0 Å². The Morgan fingerprint density at radius 1 is 1.18 bits per heavy atom. The second-order valence-electron chi connectivity index (χ2n) is 7.89. The van der Waals surface area contributed by atoms with Gasteiger partial charge in [-0.15, -0.1) is 0 Å². The summed E-state index contributed by atoms with van der Waals surface area (Å²) >= 11 is 5.87. The number of nitrogens with zero attached hydrogens (tertiary/aromatic N) is 4. The topological polar surface area (TPSA) is 123 Å². The maximum atomic E-state index is 13.2. The average Bonchev–Trinajstić information content (AvgIpc) is 3.09. The van der Waals surface area contributed by atoms with Gasteiger partial charge in [0.15, 0.2) is 17.4 Å². The van der Waals surface area contributed by atoms with Gasteiger partial charge in [0.05, 0.1) is 22.6 Å². The number of oxazole rings is 1. The predicted molar refractivity (Wildman–Crippen MR) is 125 cm³/mol. The summed E-state index contributed by atoms with van der Waals surface area (Å²) in [5.74, 6) is 0.228. The summed E-state index contributed by atoms with van der Waals surface area (Å²) in [6.07, 6.45) is 0. The van der Waals surface area contributed by atoms with Crippen LogP contribution in [0.2, 0.25) is 5.15 Å². The Bertz CT molecular complexity index is 1470. The van der Waals surface area contributed by atoms with Crippen LogP contribution in [-0.2, 0) is 7.05 Å². The SMILES string of the molecule is Cc1cc(C(C)Nc2ccc(Cl)nc2C(=O)O)c2nc(-c3nc(C)oc3C)n(C)c(=O)c2c1. The molecule has 0 spiro atoms. The molecule has 10 heteroatoms. The quantitative estimate of drug-likeness (QED) is 0.413. The molecule has 0 aliphatic heterocycles. The van der Waals surface area contributed by atoms with Crippen molar-refractivity contribution in [2.45, 2.75) is 33.7 Å². The first-order valence-electron chi connectivity index (χ1n) is 10.2. The molecule has 1 aromatic carbocycles. The second-order valence-corrected chi connectivity index (χ2v) is 8.28. The largest absolute Gasteiger partial charge is 0.476 e. The van der Waals surface area contributed by atoms with Crippen molar-refractivity contribution in [2.24, 2.45) is 7.05 Å². The molecule has 0 fully saturated rings. The Labute approximate surface area is 194 Å². The predicted octanol–water partition coefficient (Wildman–Crippen LogP) is 4.43. The molecule has 33 heavy (non-hydrogen) atoms. The van der Waals surface area contributed by atoms with Gasteiger partial charge in [0.1, 0.15) is 16.6 Å². The van der Waals surface area contributed by atoms with Gasteiger partial charge in [-0.1, -0.05) is 17.7 Å². The van der Waals surface area contributed by atoms with Crippen molar-refractivity contribution >= 4 is 34.2 Å². The number of hydrogen-bond acceptors (Lipinski definition) is 7. The summed E-state index contributed by atoms with van der Waals surface area (Å²) in [4.78, 5) is 38.0. The van der Waals surface area contributed by atoms with Gasteiger partial charge in [0, 0.05) is 19.5 Å². The number of rotatable bonds is 5. The molecule has 0 radical (unpaired) electrons. The number of nitrogens with one attached hydrogen (secondary N) is 1. The lowest BCUT2D eigenvalue weighted by Crippen LogP contribution is -2.22. The number of carboxylic acids is 1. The molecular weight excluding hydrogens is 446 g/mol. The van der Waals surface area contributed by atoms with E-state index in [1.54, 1.807) is 33.0 Å². The van der Waals surface area contributed by atoms with E-state index in [9.17, 15) is 14.7 Å². The lowest BCUT2D eigenvalue weighted by atomic mass is 10.0. The number of aromatic nitrogens is 4. The smallest absolute Gasteiger partial charge is 0.356 e. The van der Waals surface area contributed by atoms with Crippen LogP contribution in [0, 0.1) is 20.8 Å². The Morgan fingerprint density at radius 3 is 2.55 bits per heavy atom. The van der Waals surface area contributed by atoms with Crippen molar-refractivity contribution < 1.29 is 14.3 Å². The molecule has 0 aliphatic rings. The molecule has 0 saturated heterocycles. The van der Waals surface area contributed by atoms with E-state index in [1.807, 2.05) is 19.9 Å². The minimum Gasteiger partial charge on any atom is -0.476 e. The maximum Gasteiger partial charge on any atom is 0.356 e. The minimum absolute atomic E-state index is 0.0830. The van der Waals surface area contributed by atoms with Gasteiger partial charge >= 0.3 is 5.97 Å². The Balaban J connectivity index is 1.90. The number of anilines is 1. The number of carboxylic acid groups (broad SMARTS) is 1. The molecule has 0 aliphatic carbocycles. The number of aromatic carboxylic acids is 1. The third-order valence-electron chi connectivity index (χ3n) is 5.37. The van der Waals surface area contributed by atoms with Crippen LogP contribution in [0.4, 0.5) is 5.69 Å². The third-order valence-corrected chi connectivity index (χ3v) is 5.58. The third kappa shape index (κ3) is 4.07. The number of pyridine rings is 1. The Morgan fingerprint density at radius 2 is 1.91 bits per heavy atom. The fourth-order valence-electron chi connectivity index (χ4n) is 3.86. The first kappa shape index (κ1) is 22.5. The molecule has 0 saturated carbocycles. The minimum atomic E-state index is -1.20. The number of fused-ring (bicyclic) bond motifs is 1. The first-order valence-corrected chi connectivity index (χ1v) is 10.6. The number of aryl methyl sites for hydroxylation is 3. The Hall–Kier alpha value is -3.72. The monoisotopic (exact) mass is 467 g/mol. The second kappa shape index (κ2) is 8.32. The molecular formula is C23H22ClN5O4. The zero-order valence-corrected chi connectivity index (χ0v) is 19.5. The lowest BCUT2D eigenvalue weighted by Gasteiger charge is -2.20. The van der Waals surface area contributed by atoms with Gasteiger partial charge < -0.3 is 14.8 Å². The van der Waals surface area contributed by atoms with E-state index >= 15 is 0 Å². The number of hydrogen-bond donors (Lipinski definition) is 2. The molecule has 0 amide bonds. The highest BCUT2D eigenvalue weighted by atomic mass is 35.5. The zero-order chi connectivity index (χ0) is 24.0. The molecule has 1 atom stereocenters. The maximum absolute atomic E-state index is 13.2. The molecule has 9 nitrogen and oxygen atoms in total. The van der Waals surface area contributed by atoms with Gasteiger partial charge in [-0.2, -0.15) is 0 Å². The van der Waals surface area contributed by atoms with Crippen LogP contribution in [0.15, 0.2) is 33.5 Å².